The van der Waals surface area contributed by atoms with Crippen LogP contribution >= 0.6 is 0 Å². The fraction of sp³-hybridized carbons (Fsp3) is 0.467. The molecule has 1 aliphatic rings. The molecule has 0 radical (unpaired) electrons. The predicted octanol–water partition coefficient (Wildman–Crippen LogP) is 2.19. The number of carbonyl (C=O) groups excluding carboxylic acids is 1. The maximum absolute atomic E-state index is 12.6. The number of imidazole rings is 1. The lowest BCUT2D eigenvalue weighted by Gasteiger charge is -2.39. The molecule has 1 aromatic heterocycles. The summed E-state index contributed by atoms with van der Waals surface area (Å²) in [5, 5.41) is 0. The Hall–Kier alpha value is -1.68. The molecule has 0 aliphatic heterocycles. The minimum atomic E-state index is -0.308. The maximum atomic E-state index is 12.6. The van der Waals surface area contributed by atoms with Crippen LogP contribution in [0.2, 0.25) is 0 Å². The fourth-order valence-electron chi connectivity index (χ4n) is 2.90. The molecule has 1 aromatic carbocycles. The average Bonchev–Trinajstić information content (AvgIpc) is 2.64. The SMILES string of the molecule is Cc1nc2cc(C(=O)C3(CN)CCC3)ccc2n1C. The average molecular weight is 257 g/mol. The van der Waals surface area contributed by atoms with E-state index in [1.54, 1.807) is 0 Å². The van der Waals surface area contributed by atoms with Gasteiger partial charge in [-0.1, -0.05) is 6.42 Å². The Bertz CT molecular complexity index is 647. The van der Waals surface area contributed by atoms with E-state index in [2.05, 4.69) is 4.98 Å². The number of nitrogens with two attached hydrogens (primary N) is 1. The van der Waals surface area contributed by atoms with Gasteiger partial charge in [-0.05, 0) is 38.0 Å². The third-order valence-electron chi connectivity index (χ3n) is 4.55. The van der Waals surface area contributed by atoms with Crippen LogP contribution in [0.25, 0.3) is 11.0 Å². The molecule has 1 heterocycles. The van der Waals surface area contributed by atoms with Crippen LogP contribution in [0.3, 0.4) is 0 Å². The second-order valence-electron chi connectivity index (χ2n) is 5.59. The van der Waals surface area contributed by atoms with Gasteiger partial charge >= 0.3 is 0 Å². The molecule has 1 saturated carbocycles. The Morgan fingerprint density at radius 1 is 1.47 bits per heavy atom. The Morgan fingerprint density at radius 2 is 2.21 bits per heavy atom. The molecule has 19 heavy (non-hydrogen) atoms. The number of aryl methyl sites for hydroxylation is 2. The number of fused-ring (bicyclic) bond motifs is 1. The number of Topliss-reactive ketones (excluding diaryl/α,β-unsaturated/α-hetero) is 1. The van der Waals surface area contributed by atoms with Crippen LogP contribution in [0.4, 0.5) is 0 Å². The highest BCUT2D eigenvalue weighted by Crippen LogP contribution is 2.42. The smallest absolute Gasteiger partial charge is 0.170 e. The summed E-state index contributed by atoms with van der Waals surface area (Å²) in [6.45, 7) is 2.42. The molecular formula is C15H19N3O. The maximum Gasteiger partial charge on any atom is 0.170 e. The van der Waals surface area contributed by atoms with Crippen molar-refractivity contribution < 1.29 is 4.79 Å². The van der Waals surface area contributed by atoms with Gasteiger partial charge in [-0.3, -0.25) is 4.79 Å². The van der Waals surface area contributed by atoms with Crippen LogP contribution in [0.1, 0.15) is 35.4 Å². The molecule has 100 valence electrons. The summed E-state index contributed by atoms with van der Waals surface area (Å²) < 4.78 is 2.03. The normalized spacial score (nSPS) is 17.4. The van der Waals surface area contributed by atoms with Crippen molar-refractivity contribution >= 4 is 16.8 Å². The van der Waals surface area contributed by atoms with E-state index in [9.17, 15) is 4.79 Å². The highest BCUT2D eigenvalue weighted by molar-refractivity contribution is 6.03. The summed E-state index contributed by atoms with van der Waals surface area (Å²) >= 11 is 0. The van der Waals surface area contributed by atoms with Gasteiger partial charge in [0, 0.05) is 24.6 Å². The highest BCUT2D eigenvalue weighted by Gasteiger charge is 2.43. The van der Waals surface area contributed by atoms with Crippen LogP contribution in [0.5, 0.6) is 0 Å². The number of ketones is 1. The Kier molecular flexibility index (Phi) is 2.71. The molecule has 0 bridgehead atoms. The standard InChI is InChI=1S/C15H19N3O/c1-10-17-12-8-11(4-5-13(12)18(10)2)14(19)15(9-16)6-3-7-15/h4-5,8H,3,6-7,9,16H2,1-2H3. The van der Waals surface area contributed by atoms with Crippen molar-refractivity contribution in [3.05, 3.63) is 29.6 Å². The van der Waals surface area contributed by atoms with Crippen molar-refractivity contribution in [2.45, 2.75) is 26.2 Å². The molecule has 0 amide bonds. The van der Waals surface area contributed by atoms with E-state index in [-0.39, 0.29) is 11.2 Å². The lowest BCUT2D eigenvalue weighted by molar-refractivity contribution is 0.0636. The third kappa shape index (κ3) is 1.70. The van der Waals surface area contributed by atoms with Crippen molar-refractivity contribution in [2.24, 2.45) is 18.2 Å². The van der Waals surface area contributed by atoms with Gasteiger partial charge in [-0.15, -0.1) is 0 Å². The molecule has 4 heteroatoms. The van der Waals surface area contributed by atoms with E-state index in [0.717, 1.165) is 41.7 Å². The van der Waals surface area contributed by atoms with Gasteiger partial charge in [-0.2, -0.15) is 0 Å². The molecular weight excluding hydrogens is 238 g/mol. The van der Waals surface area contributed by atoms with Crippen LogP contribution in [-0.4, -0.2) is 21.9 Å². The van der Waals surface area contributed by atoms with E-state index in [4.69, 9.17) is 5.73 Å². The fourth-order valence-corrected chi connectivity index (χ4v) is 2.90. The monoisotopic (exact) mass is 257 g/mol. The highest BCUT2D eigenvalue weighted by atomic mass is 16.1. The topological polar surface area (TPSA) is 60.9 Å². The second kappa shape index (κ2) is 4.17. The van der Waals surface area contributed by atoms with Crippen LogP contribution < -0.4 is 5.73 Å². The lowest BCUT2D eigenvalue weighted by atomic mass is 9.64. The van der Waals surface area contributed by atoms with Crippen LogP contribution in [0.15, 0.2) is 18.2 Å². The van der Waals surface area contributed by atoms with Gasteiger partial charge in [-0.25, -0.2) is 4.98 Å². The number of hydrogen-bond donors (Lipinski definition) is 1. The molecule has 0 unspecified atom stereocenters. The third-order valence-corrected chi connectivity index (χ3v) is 4.55. The van der Waals surface area contributed by atoms with Crippen molar-refractivity contribution in [2.75, 3.05) is 6.54 Å². The van der Waals surface area contributed by atoms with Crippen molar-refractivity contribution in [1.29, 1.82) is 0 Å². The number of aromatic nitrogens is 2. The summed E-state index contributed by atoms with van der Waals surface area (Å²) in [4.78, 5) is 17.1. The first kappa shape index (κ1) is 12.4. The first-order chi connectivity index (χ1) is 9.07. The number of carbonyl (C=O) groups is 1. The molecule has 3 rings (SSSR count). The van der Waals surface area contributed by atoms with E-state index >= 15 is 0 Å². The molecule has 1 fully saturated rings. The molecule has 0 spiro atoms. The van der Waals surface area contributed by atoms with E-state index < -0.39 is 0 Å². The number of hydrogen-bond acceptors (Lipinski definition) is 3. The van der Waals surface area contributed by atoms with Crippen molar-refractivity contribution in [3.63, 3.8) is 0 Å². The van der Waals surface area contributed by atoms with Crippen LogP contribution in [0, 0.1) is 12.3 Å². The zero-order chi connectivity index (χ0) is 13.6. The Morgan fingerprint density at radius 3 is 2.79 bits per heavy atom. The first-order valence-electron chi connectivity index (χ1n) is 6.75. The molecule has 2 N–H and O–H groups in total. The number of nitrogens with zero attached hydrogens (tertiary/aromatic N) is 2. The summed E-state index contributed by atoms with van der Waals surface area (Å²) in [6.07, 6.45) is 2.94. The van der Waals surface area contributed by atoms with E-state index in [1.807, 2.05) is 36.7 Å². The Balaban J connectivity index is 2.04. The summed E-state index contributed by atoms with van der Waals surface area (Å²) in [5.41, 5.74) is 8.19. The van der Waals surface area contributed by atoms with Crippen LogP contribution in [-0.2, 0) is 7.05 Å². The van der Waals surface area contributed by atoms with Gasteiger partial charge in [0.2, 0.25) is 0 Å². The summed E-state index contributed by atoms with van der Waals surface area (Å²) in [5.74, 6) is 1.14. The molecule has 4 nitrogen and oxygen atoms in total. The Labute approximate surface area is 112 Å². The van der Waals surface area contributed by atoms with Gasteiger partial charge in [0.25, 0.3) is 0 Å². The van der Waals surface area contributed by atoms with Gasteiger partial charge in [0.05, 0.1) is 11.0 Å². The van der Waals surface area contributed by atoms with Crippen molar-refractivity contribution in [1.82, 2.24) is 9.55 Å². The second-order valence-corrected chi connectivity index (χ2v) is 5.59. The summed E-state index contributed by atoms with van der Waals surface area (Å²) in [7, 11) is 1.99. The van der Waals surface area contributed by atoms with Gasteiger partial charge < -0.3 is 10.3 Å². The molecule has 0 atom stereocenters. The minimum Gasteiger partial charge on any atom is -0.331 e. The van der Waals surface area contributed by atoms with E-state index in [1.165, 1.54) is 0 Å². The zero-order valence-electron chi connectivity index (χ0n) is 11.4. The predicted molar refractivity (Wildman–Crippen MR) is 75.1 cm³/mol. The molecule has 0 saturated heterocycles. The number of rotatable bonds is 3. The van der Waals surface area contributed by atoms with Gasteiger partial charge in [0.1, 0.15) is 5.82 Å². The first-order valence-corrected chi connectivity index (χ1v) is 6.75. The quantitative estimate of drug-likeness (QED) is 0.857. The largest absolute Gasteiger partial charge is 0.331 e. The van der Waals surface area contributed by atoms with Gasteiger partial charge in [0.15, 0.2) is 5.78 Å². The lowest BCUT2D eigenvalue weighted by Crippen LogP contribution is -2.44. The molecule has 1 aliphatic carbocycles. The van der Waals surface area contributed by atoms with E-state index in [0.29, 0.717) is 6.54 Å². The molecule has 2 aromatic rings. The number of benzene rings is 1. The minimum absolute atomic E-state index is 0.187. The zero-order valence-corrected chi connectivity index (χ0v) is 11.4. The summed E-state index contributed by atoms with van der Waals surface area (Å²) in [6, 6.07) is 5.79. The van der Waals surface area contributed by atoms with Crippen molar-refractivity contribution in [3.8, 4) is 0 Å².